The van der Waals surface area contributed by atoms with Crippen molar-refractivity contribution in [3.05, 3.63) is 12.7 Å². The average molecular weight is 141 g/mol. The molecule has 1 heterocycles. The third-order valence-corrected chi connectivity index (χ3v) is 2.16. The summed E-state index contributed by atoms with van der Waals surface area (Å²) in [6.07, 6.45) is 2.10. The van der Waals surface area contributed by atoms with Gasteiger partial charge in [-0.05, 0) is 14.0 Å². The third-order valence-electron chi connectivity index (χ3n) is 2.16. The van der Waals surface area contributed by atoms with Crippen LogP contribution in [-0.2, 0) is 4.74 Å². The molecule has 2 atom stereocenters. The molecule has 0 N–H and O–H groups in total. The van der Waals surface area contributed by atoms with Crippen LogP contribution in [0.5, 0.6) is 0 Å². The number of hydrogen-bond donors (Lipinski definition) is 0. The van der Waals surface area contributed by atoms with Crippen molar-refractivity contribution in [2.75, 3.05) is 20.2 Å². The molecule has 2 nitrogen and oxygen atoms in total. The molecule has 0 unspecified atom stereocenters. The topological polar surface area (TPSA) is 12.5 Å². The minimum atomic E-state index is 0.221. The summed E-state index contributed by atoms with van der Waals surface area (Å²) in [4.78, 5) is 2.29. The molecule has 0 bridgehead atoms. The predicted octanol–water partition coefficient (Wildman–Crippen LogP) is 0.892. The summed E-state index contributed by atoms with van der Waals surface area (Å²) in [6.45, 7) is 7.74. The maximum atomic E-state index is 5.45. The molecule has 10 heavy (non-hydrogen) atoms. The highest BCUT2D eigenvalue weighted by Crippen LogP contribution is 2.11. The first-order valence-corrected chi connectivity index (χ1v) is 3.70. The Labute approximate surface area is 62.5 Å². The van der Waals surface area contributed by atoms with Gasteiger partial charge in [-0.1, -0.05) is 6.08 Å². The molecular formula is C8H15NO. The van der Waals surface area contributed by atoms with Crippen LogP contribution in [0.1, 0.15) is 6.92 Å². The number of nitrogens with zero attached hydrogens (tertiary/aromatic N) is 1. The van der Waals surface area contributed by atoms with Crippen molar-refractivity contribution in [2.45, 2.75) is 19.1 Å². The van der Waals surface area contributed by atoms with Gasteiger partial charge in [-0.3, -0.25) is 4.90 Å². The number of morpholine rings is 1. The first kappa shape index (κ1) is 7.76. The van der Waals surface area contributed by atoms with Crippen LogP contribution in [0, 0.1) is 0 Å². The monoisotopic (exact) mass is 141 g/mol. The lowest BCUT2D eigenvalue weighted by Crippen LogP contribution is -2.46. The normalized spacial score (nSPS) is 35.8. The van der Waals surface area contributed by atoms with E-state index in [1.54, 1.807) is 0 Å². The Balaban J connectivity index is 2.50. The fourth-order valence-corrected chi connectivity index (χ4v) is 1.19. The summed E-state index contributed by atoms with van der Waals surface area (Å²) in [6, 6.07) is 0.478. The molecule has 0 radical (unpaired) electrons. The molecular weight excluding hydrogens is 126 g/mol. The SMILES string of the molecule is C=C[C@H]1OCCN(C)[C@@H]1C. The van der Waals surface area contributed by atoms with Crippen LogP contribution in [0.3, 0.4) is 0 Å². The lowest BCUT2D eigenvalue weighted by Gasteiger charge is -2.35. The highest BCUT2D eigenvalue weighted by molar-refractivity contribution is 4.90. The second-order valence-corrected chi connectivity index (χ2v) is 2.79. The highest BCUT2D eigenvalue weighted by Gasteiger charge is 2.22. The van der Waals surface area contributed by atoms with Crippen LogP contribution >= 0.6 is 0 Å². The first-order chi connectivity index (χ1) is 4.75. The van der Waals surface area contributed by atoms with Crippen molar-refractivity contribution >= 4 is 0 Å². The minimum absolute atomic E-state index is 0.221. The quantitative estimate of drug-likeness (QED) is 0.503. The molecule has 1 aliphatic rings. The number of likely N-dealkylation sites (N-methyl/N-ethyl adjacent to an activating group) is 1. The van der Waals surface area contributed by atoms with Gasteiger partial charge in [0.2, 0.25) is 0 Å². The standard InChI is InChI=1S/C8H15NO/c1-4-8-7(2)9(3)5-6-10-8/h4,7-8H,1,5-6H2,2-3H3/t7-,8-/m1/s1. The molecule has 0 aliphatic carbocycles. The van der Waals surface area contributed by atoms with Crippen LogP contribution in [0.15, 0.2) is 12.7 Å². The van der Waals surface area contributed by atoms with Gasteiger partial charge < -0.3 is 4.74 Å². The molecule has 0 saturated carbocycles. The number of hydrogen-bond acceptors (Lipinski definition) is 2. The van der Waals surface area contributed by atoms with Crippen molar-refractivity contribution in [1.82, 2.24) is 4.90 Å². The smallest absolute Gasteiger partial charge is 0.0906 e. The van der Waals surface area contributed by atoms with Gasteiger partial charge in [-0.2, -0.15) is 0 Å². The summed E-state index contributed by atoms with van der Waals surface area (Å²) >= 11 is 0. The van der Waals surface area contributed by atoms with Gasteiger partial charge in [0.15, 0.2) is 0 Å². The van der Waals surface area contributed by atoms with E-state index in [4.69, 9.17) is 4.74 Å². The van der Waals surface area contributed by atoms with Crippen molar-refractivity contribution in [2.24, 2.45) is 0 Å². The molecule has 1 fully saturated rings. The summed E-state index contributed by atoms with van der Waals surface area (Å²) in [5.41, 5.74) is 0. The van der Waals surface area contributed by atoms with Gasteiger partial charge in [0, 0.05) is 12.6 Å². The zero-order valence-electron chi connectivity index (χ0n) is 6.71. The van der Waals surface area contributed by atoms with Crippen LogP contribution in [0.2, 0.25) is 0 Å². The third kappa shape index (κ3) is 1.39. The number of ether oxygens (including phenoxy) is 1. The van der Waals surface area contributed by atoms with Gasteiger partial charge in [0.25, 0.3) is 0 Å². The van der Waals surface area contributed by atoms with Gasteiger partial charge in [-0.15, -0.1) is 6.58 Å². The Hall–Kier alpha value is -0.340. The van der Waals surface area contributed by atoms with E-state index in [-0.39, 0.29) is 6.10 Å². The van der Waals surface area contributed by atoms with E-state index in [2.05, 4.69) is 25.5 Å². The molecule has 1 saturated heterocycles. The molecule has 0 aromatic carbocycles. The maximum Gasteiger partial charge on any atom is 0.0906 e. The predicted molar refractivity (Wildman–Crippen MR) is 42.0 cm³/mol. The summed E-state index contributed by atoms with van der Waals surface area (Å²) in [5.74, 6) is 0. The van der Waals surface area contributed by atoms with Gasteiger partial charge in [-0.25, -0.2) is 0 Å². The van der Waals surface area contributed by atoms with Crippen molar-refractivity contribution in [3.8, 4) is 0 Å². The summed E-state index contributed by atoms with van der Waals surface area (Å²) < 4.78 is 5.45. The van der Waals surface area contributed by atoms with Crippen LogP contribution < -0.4 is 0 Å². The highest BCUT2D eigenvalue weighted by atomic mass is 16.5. The molecule has 0 aromatic heterocycles. The minimum Gasteiger partial charge on any atom is -0.371 e. The lowest BCUT2D eigenvalue weighted by atomic mass is 10.1. The number of rotatable bonds is 1. The van der Waals surface area contributed by atoms with Crippen molar-refractivity contribution in [3.63, 3.8) is 0 Å². The lowest BCUT2D eigenvalue weighted by molar-refractivity contribution is -0.0295. The Morgan fingerprint density at radius 1 is 1.70 bits per heavy atom. The van der Waals surface area contributed by atoms with Crippen LogP contribution in [0.4, 0.5) is 0 Å². The van der Waals surface area contributed by atoms with E-state index in [0.29, 0.717) is 6.04 Å². The van der Waals surface area contributed by atoms with E-state index in [1.807, 2.05) is 6.08 Å². The van der Waals surface area contributed by atoms with E-state index in [9.17, 15) is 0 Å². The molecule has 58 valence electrons. The fraction of sp³-hybridized carbons (Fsp3) is 0.750. The zero-order valence-corrected chi connectivity index (χ0v) is 6.71. The molecule has 0 amide bonds. The molecule has 1 rings (SSSR count). The first-order valence-electron chi connectivity index (χ1n) is 3.70. The molecule has 2 heteroatoms. The van der Waals surface area contributed by atoms with Crippen LogP contribution in [-0.4, -0.2) is 37.2 Å². The largest absolute Gasteiger partial charge is 0.371 e. The van der Waals surface area contributed by atoms with Gasteiger partial charge in [0.05, 0.1) is 12.7 Å². The Morgan fingerprint density at radius 3 is 2.90 bits per heavy atom. The second-order valence-electron chi connectivity index (χ2n) is 2.79. The summed E-state index contributed by atoms with van der Waals surface area (Å²) in [5, 5.41) is 0. The Kier molecular flexibility index (Phi) is 2.46. The molecule has 1 aliphatic heterocycles. The maximum absolute atomic E-state index is 5.45. The van der Waals surface area contributed by atoms with Gasteiger partial charge >= 0.3 is 0 Å². The molecule has 0 spiro atoms. The van der Waals surface area contributed by atoms with Crippen LogP contribution in [0.25, 0.3) is 0 Å². The summed E-state index contributed by atoms with van der Waals surface area (Å²) in [7, 11) is 2.11. The second kappa shape index (κ2) is 3.17. The zero-order chi connectivity index (χ0) is 7.56. The average Bonchev–Trinajstić information content (AvgIpc) is 1.95. The van der Waals surface area contributed by atoms with Crippen molar-refractivity contribution in [1.29, 1.82) is 0 Å². The van der Waals surface area contributed by atoms with E-state index in [1.165, 1.54) is 0 Å². The van der Waals surface area contributed by atoms with Crippen molar-refractivity contribution < 1.29 is 4.74 Å². The Bertz CT molecular complexity index is 124. The van der Waals surface area contributed by atoms with Gasteiger partial charge in [0.1, 0.15) is 0 Å². The Morgan fingerprint density at radius 2 is 2.40 bits per heavy atom. The van der Waals surface area contributed by atoms with E-state index >= 15 is 0 Å². The fourth-order valence-electron chi connectivity index (χ4n) is 1.19. The van der Waals surface area contributed by atoms with E-state index in [0.717, 1.165) is 13.2 Å². The van der Waals surface area contributed by atoms with E-state index < -0.39 is 0 Å². The molecule has 0 aromatic rings.